The molecule has 0 spiro atoms. The lowest BCUT2D eigenvalue weighted by Gasteiger charge is -2.01. The maximum Gasteiger partial charge on any atom is 0.330 e. The summed E-state index contributed by atoms with van der Waals surface area (Å²) in [6, 6.07) is 7.36. The van der Waals surface area contributed by atoms with E-state index in [1.54, 1.807) is 18.5 Å². The average Bonchev–Trinajstić information content (AvgIpc) is 3.26. The Bertz CT molecular complexity index is 1370. The summed E-state index contributed by atoms with van der Waals surface area (Å²) in [5.74, 6) is 11.3. The number of aryl methyl sites for hydroxylation is 1. The van der Waals surface area contributed by atoms with E-state index in [0.29, 0.717) is 23.5 Å². The number of carbonyl (C=O) groups excluding carboxylic acids is 2. The van der Waals surface area contributed by atoms with Crippen LogP contribution in [-0.2, 0) is 31.9 Å². The summed E-state index contributed by atoms with van der Waals surface area (Å²) in [4.78, 5) is 36.4. The van der Waals surface area contributed by atoms with Crippen molar-refractivity contribution in [2.24, 2.45) is 0 Å². The van der Waals surface area contributed by atoms with E-state index in [1.807, 2.05) is 25.1 Å². The Morgan fingerprint density at radius 2 is 1.53 bits per heavy atom. The molecule has 0 aliphatic rings. The highest BCUT2D eigenvalue weighted by atomic mass is 32.1. The lowest BCUT2D eigenvalue weighted by molar-refractivity contribution is -0.138. The third-order valence-corrected chi connectivity index (χ3v) is 5.77. The second-order valence-electron chi connectivity index (χ2n) is 7.24. The van der Waals surface area contributed by atoms with Crippen molar-refractivity contribution < 1.29 is 19.1 Å². The Labute approximate surface area is 213 Å². The van der Waals surface area contributed by atoms with Gasteiger partial charge in [0, 0.05) is 59.1 Å². The Hall–Kier alpha value is -4.53. The molecule has 0 amide bonds. The first-order valence-electron chi connectivity index (χ1n) is 11.0. The number of hydrogen-bond donors (Lipinski definition) is 0. The summed E-state index contributed by atoms with van der Waals surface area (Å²) in [6.45, 7) is 9.17. The third kappa shape index (κ3) is 8.35. The molecule has 8 heteroatoms. The molecule has 0 saturated heterocycles. The van der Waals surface area contributed by atoms with Gasteiger partial charge in [-0.15, -0.1) is 11.3 Å². The number of esters is 2. The zero-order valence-corrected chi connectivity index (χ0v) is 20.6. The molecule has 0 unspecified atom stereocenters. The molecule has 7 nitrogen and oxygen atoms in total. The van der Waals surface area contributed by atoms with Crippen LogP contribution in [0.3, 0.4) is 0 Å². The van der Waals surface area contributed by atoms with Gasteiger partial charge in [-0.3, -0.25) is 4.98 Å². The minimum absolute atomic E-state index is 0.249. The number of rotatable bonds is 8. The van der Waals surface area contributed by atoms with Gasteiger partial charge in [-0.05, 0) is 43.0 Å². The van der Waals surface area contributed by atoms with Crippen LogP contribution in [0, 0.1) is 30.6 Å². The molecule has 0 bridgehead atoms. The van der Waals surface area contributed by atoms with Gasteiger partial charge >= 0.3 is 11.9 Å². The fourth-order valence-electron chi connectivity index (χ4n) is 2.78. The van der Waals surface area contributed by atoms with Crippen LogP contribution in [0.1, 0.15) is 38.1 Å². The molecule has 0 aliphatic carbocycles. The molecule has 0 radical (unpaired) electrons. The van der Waals surface area contributed by atoms with Gasteiger partial charge in [0.05, 0.1) is 18.9 Å². The summed E-state index contributed by atoms with van der Waals surface area (Å²) < 4.78 is 9.97. The minimum Gasteiger partial charge on any atom is -0.462 e. The minimum atomic E-state index is -0.449. The molecule has 180 valence electrons. The van der Waals surface area contributed by atoms with E-state index in [4.69, 9.17) is 9.47 Å². The number of pyridine rings is 2. The first-order valence-corrected chi connectivity index (χ1v) is 11.8. The van der Waals surface area contributed by atoms with E-state index in [9.17, 15) is 9.59 Å². The van der Waals surface area contributed by atoms with Crippen molar-refractivity contribution in [1.29, 1.82) is 0 Å². The molecule has 0 N–H and O–H groups in total. The molecule has 36 heavy (non-hydrogen) atoms. The number of aromatic nitrogens is 3. The van der Waals surface area contributed by atoms with Crippen LogP contribution in [0.5, 0.6) is 0 Å². The van der Waals surface area contributed by atoms with Crippen molar-refractivity contribution in [3.63, 3.8) is 0 Å². The Balaban J connectivity index is 1.55. The van der Waals surface area contributed by atoms with Crippen molar-refractivity contribution in [2.75, 3.05) is 13.2 Å². The highest BCUT2D eigenvalue weighted by molar-refractivity contribution is 7.12. The zero-order valence-electron chi connectivity index (χ0n) is 19.7. The van der Waals surface area contributed by atoms with Gasteiger partial charge in [-0.25, -0.2) is 19.6 Å². The molecule has 0 fully saturated rings. The van der Waals surface area contributed by atoms with E-state index in [0.717, 1.165) is 39.5 Å². The van der Waals surface area contributed by atoms with Gasteiger partial charge in [-0.2, -0.15) is 0 Å². The number of ether oxygens (including phenoxy) is 2. The van der Waals surface area contributed by atoms with E-state index in [1.165, 1.54) is 11.3 Å². The van der Waals surface area contributed by atoms with Crippen LogP contribution in [0.15, 0.2) is 62.0 Å². The van der Waals surface area contributed by atoms with Crippen LogP contribution >= 0.6 is 11.3 Å². The molecule has 0 atom stereocenters. The maximum absolute atomic E-state index is 11.2. The average molecular weight is 498 g/mol. The molecule has 3 aromatic rings. The predicted molar refractivity (Wildman–Crippen MR) is 137 cm³/mol. The summed E-state index contributed by atoms with van der Waals surface area (Å²) in [5, 5.41) is 0.691. The summed E-state index contributed by atoms with van der Waals surface area (Å²) in [5.41, 5.74) is 3.79. The van der Waals surface area contributed by atoms with E-state index in [2.05, 4.69) is 51.8 Å². The Kier molecular flexibility index (Phi) is 9.69. The monoisotopic (exact) mass is 497 g/mol. The first kappa shape index (κ1) is 26.1. The van der Waals surface area contributed by atoms with Gasteiger partial charge in [0.1, 0.15) is 5.69 Å². The van der Waals surface area contributed by atoms with Crippen molar-refractivity contribution in [1.82, 2.24) is 15.0 Å². The predicted octanol–water partition coefficient (Wildman–Crippen LogP) is 3.58. The molecule has 0 aromatic carbocycles. The van der Waals surface area contributed by atoms with Crippen LogP contribution in [0.4, 0.5) is 0 Å². The zero-order chi connectivity index (χ0) is 25.8. The Morgan fingerprint density at radius 1 is 0.889 bits per heavy atom. The van der Waals surface area contributed by atoms with Gasteiger partial charge in [-0.1, -0.05) is 25.0 Å². The second-order valence-corrected chi connectivity index (χ2v) is 8.32. The third-order valence-electron chi connectivity index (χ3n) is 4.64. The molecule has 0 aliphatic heterocycles. The largest absolute Gasteiger partial charge is 0.462 e. The number of thiazole rings is 1. The van der Waals surface area contributed by atoms with Crippen LogP contribution in [-0.4, -0.2) is 40.1 Å². The second kappa shape index (κ2) is 13.4. The highest BCUT2D eigenvalue weighted by Crippen LogP contribution is 2.18. The normalized spacial score (nSPS) is 9.69. The summed E-state index contributed by atoms with van der Waals surface area (Å²) in [6.07, 6.45) is 6.72. The first-order chi connectivity index (χ1) is 17.5. The highest BCUT2D eigenvalue weighted by Gasteiger charge is 2.07. The number of carbonyl (C=O) groups is 2. The summed E-state index contributed by atoms with van der Waals surface area (Å²) in [7, 11) is 0. The molecule has 0 saturated carbocycles. The number of hydrogen-bond acceptors (Lipinski definition) is 8. The lowest BCUT2D eigenvalue weighted by Crippen LogP contribution is -2.05. The van der Waals surface area contributed by atoms with Crippen LogP contribution in [0.2, 0.25) is 0 Å². The molecular formula is C28H23N3O4S. The van der Waals surface area contributed by atoms with Crippen molar-refractivity contribution in [2.45, 2.75) is 19.8 Å². The smallest absolute Gasteiger partial charge is 0.330 e. The van der Waals surface area contributed by atoms with Crippen molar-refractivity contribution in [3.8, 4) is 23.7 Å². The van der Waals surface area contributed by atoms with Crippen LogP contribution < -0.4 is 0 Å². The summed E-state index contributed by atoms with van der Waals surface area (Å²) >= 11 is 1.48. The van der Waals surface area contributed by atoms with E-state index in [-0.39, 0.29) is 13.2 Å². The van der Waals surface area contributed by atoms with E-state index < -0.39 is 11.9 Å². The topological polar surface area (TPSA) is 91.3 Å². The molecule has 3 rings (SSSR count). The number of nitrogens with zero attached hydrogens (tertiary/aromatic N) is 3. The molecule has 3 heterocycles. The van der Waals surface area contributed by atoms with Crippen molar-refractivity contribution >= 4 is 23.3 Å². The SMILES string of the molecule is C=CC(=O)OCCc1ccc(C#Cc2ccc(C#Cc3nc(C)c(CCOC(=O)C=C)s3)cn2)cn1. The Morgan fingerprint density at radius 3 is 2.14 bits per heavy atom. The standard InChI is InChI=1S/C28H23N3O4S/c1-4-27(32)34-16-14-24-12-8-21(18-30-24)6-10-23-11-7-22(19-29-23)9-13-26-31-20(3)25(36-26)15-17-35-28(33)5-2/h4-5,7-8,11-12,18-19H,1-2,14-17H2,3H3. The lowest BCUT2D eigenvalue weighted by atomic mass is 10.2. The maximum atomic E-state index is 11.2. The van der Waals surface area contributed by atoms with Crippen LogP contribution in [0.25, 0.3) is 0 Å². The fourth-order valence-corrected chi connectivity index (χ4v) is 3.68. The molecule has 3 aromatic heterocycles. The van der Waals surface area contributed by atoms with Gasteiger partial charge in [0.15, 0.2) is 5.01 Å². The quantitative estimate of drug-likeness (QED) is 0.267. The van der Waals surface area contributed by atoms with Crippen molar-refractivity contribution in [3.05, 3.63) is 100 Å². The fraction of sp³-hybridized carbons (Fsp3) is 0.179. The van der Waals surface area contributed by atoms with Gasteiger partial charge in [0.2, 0.25) is 0 Å². The van der Waals surface area contributed by atoms with Gasteiger partial charge in [0.25, 0.3) is 0 Å². The molecular weight excluding hydrogens is 474 g/mol. The van der Waals surface area contributed by atoms with Gasteiger partial charge < -0.3 is 9.47 Å². The van der Waals surface area contributed by atoms with E-state index >= 15 is 0 Å².